The SMILES string of the molecule is CSc1c(N)c(N)cc2ccsc12. The first-order valence-electron chi connectivity index (χ1n) is 3.83. The summed E-state index contributed by atoms with van der Waals surface area (Å²) in [7, 11) is 0. The van der Waals surface area contributed by atoms with E-state index in [9.17, 15) is 0 Å². The van der Waals surface area contributed by atoms with Gasteiger partial charge < -0.3 is 11.5 Å². The van der Waals surface area contributed by atoms with Crippen LogP contribution in [0.4, 0.5) is 11.4 Å². The van der Waals surface area contributed by atoms with Gasteiger partial charge in [0, 0.05) is 4.90 Å². The van der Waals surface area contributed by atoms with Gasteiger partial charge in [-0.05, 0) is 29.2 Å². The zero-order valence-electron chi connectivity index (χ0n) is 7.20. The van der Waals surface area contributed by atoms with Crippen LogP contribution in [0.2, 0.25) is 0 Å². The van der Waals surface area contributed by atoms with Gasteiger partial charge >= 0.3 is 0 Å². The van der Waals surface area contributed by atoms with E-state index in [-0.39, 0.29) is 0 Å². The van der Waals surface area contributed by atoms with Gasteiger partial charge in [-0.2, -0.15) is 0 Å². The molecule has 0 radical (unpaired) electrons. The summed E-state index contributed by atoms with van der Waals surface area (Å²) in [5, 5.41) is 3.24. The van der Waals surface area contributed by atoms with Crippen LogP contribution in [0.5, 0.6) is 0 Å². The van der Waals surface area contributed by atoms with Crippen LogP contribution < -0.4 is 11.5 Å². The topological polar surface area (TPSA) is 52.0 Å². The second-order valence-electron chi connectivity index (χ2n) is 2.75. The van der Waals surface area contributed by atoms with Crippen molar-refractivity contribution >= 4 is 44.6 Å². The van der Waals surface area contributed by atoms with Crippen LogP contribution >= 0.6 is 23.1 Å². The highest BCUT2D eigenvalue weighted by atomic mass is 32.2. The Morgan fingerprint density at radius 3 is 2.85 bits per heavy atom. The lowest BCUT2D eigenvalue weighted by atomic mass is 10.2. The molecule has 0 aliphatic heterocycles. The van der Waals surface area contributed by atoms with E-state index < -0.39 is 0 Å². The van der Waals surface area contributed by atoms with Crippen LogP contribution in [0.15, 0.2) is 22.4 Å². The van der Waals surface area contributed by atoms with Crippen LogP contribution in [0.1, 0.15) is 0 Å². The molecule has 68 valence electrons. The van der Waals surface area contributed by atoms with Crippen LogP contribution in [0.3, 0.4) is 0 Å². The van der Waals surface area contributed by atoms with E-state index in [0.29, 0.717) is 11.4 Å². The monoisotopic (exact) mass is 210 g/mol. The molecular weight excluding hydrogens is 200 g/mol. The molecule has 4 heteroatoms. The van der Waals surface area contributed by atoms with Crippen LogP contribution in [-0.4, -0.2) is 6.26 Å². The van der Waals surface area contributed by atoms with Gasteiger partial charge in [0.25, 0.3) is 0 Å². The number of hydrogen-bond acceptors (Lipinski definition) is 4. The molecule has 0 saturated heterocycles. The number of rotatable bonds is 1. The number of hydrogen-bond donors (Lipinski definition) is 2. The second kappa shape index (κ2) is 3.12. The van der Waals surface area contributed by atoms with Crippen LogP contribution in [-0.2, 0) is 0 Å². The lowest BCUT2D eigenvalue weighted by Crippen LogP contribution is -1.96. The fraction of sp³-hybridized carbons (Fsp3) is 0.111. The molecule has 4 N–H and O–H groups in total. The highest BCUT2D eigenvalue weighted by molar-refractivity contribution is 7.99. The Labute approximate surface area is 84.9 Å². The Morgan fingerprint density at radius 1 is 1.38 bits per heavy atom. The van der Waals surface area contributed by atoms with Crippen molar-refractivity contribution in [3.05, 3.63) is 17.5 Å². The average Bonchev–Trinajstić information content (AvgIpc) is 2.54. The minimum atomic E-state index is 0.676. The average molecular weight is 210 g/mol. The Kier molecular flexibility index (Phi) is 2.09. The van der Waals surface area contributed by atoms with E-state index in [1.807, 2.05) is 12.3 Å². The molecule has 0 bridgehead atoms. The molecule has 0 fully saturated rings. The molecule has 0 amide bonds. The van der Waals surface area contributed by atoms with Crippen molar-refractivity contribution in [1.29, 1.82) is 0 Å². The van der Waals surface area contributed by atoms with Crippen molar-refractivity contribution in [2.45, 2.75) is 4.90 Å². The molecule has 0 saturated carbocycles. The Balaban J connectivity index is 2.87. The minimum absolute atomic E-state index is 0.676. The third kappa shape index (κ3) is 1.26. The van der Waals surface area contributed by atoms with Crippen LogP contribution in [0, 0.1) is 0 Å². The largest absolute Gasteiger partial charge is 0.397 e. The molecule has 1 aromatic heterocycles. The zero-order valence-corrected chi connectivity index (χ0v) is 8.84. The summed E-state index contributed by atoms with van der Waals surface area (Å²) in [5.74, 6) is 0. The van der Waals surface area contributed by atoms with Gasteiger partial charge in [-0.1, -0.05) is 0 Å². The zero-order chi connectivity index (χ0) is 9.42. The number of fused-ring (bicyclic) bond motifs is 1. The summed E-state index contributed by atoms with van der Waals surface area (Å²) in [6.07, 6.45) is 2.02. The number of thioether (sulfide) groups is 1. The molecule has 2 aromatic rings. The molecule has 13 heavy (non-hydrogen) atoms. The summed E-state index contributed by atoms with van der Waals surface area (Å²) < 4.78 is 1.24. The van der Waals surface area contributed by atoms with Crippen molar-refractivity contribution < 1.29 is 0 Å². The first-order valence-corrected chi connectivity index (χ1v) is 5.93. The summed E-state index contributed by atoms with van der Waals surface area (Å²) in [6.45, 7) is 0. The van der Waals surface area contributed by atoms with Crippen LogP contribution in [0.25, 0.3) is 10.1 Å². The van der Waals surface area contributed by atoms with Gasteiger partial charge in [0.05, 0.1) is 16.1 Å². The summed E-state index contributed by atoms with van der Waals surface area (Å²) in [5.41, 5.74) is 13.1. The fourth-order valence-electron chi connectivity index (χ4n) is 1.32. The second-order valence-corrected chi connectivity index (χ2v) is 4.48. The normalized spacial score (nSPS) is 10.8. The van der Waals surface area contributed by atoms with E-state index in [4.69, 9.17) is 11.5 Å². The highest BCUT2D eigenvalue weighted by Crippen LogP contribution is 2.38. The molecule has 0 aliphatic rings. The van der Waals surface area contributed by atoms with E-state index in [2.05, 4.69) is 11.4 Å². The van der Waals surface area contributed by atoms with Gasteiger partial charge in [-0.3, -0.25) is 0 Å². The summed E-state index contributed by atoms with van der Waals surface area (Å²) >= 11 is 3.35. The fourth-order valence-corrected chi connectivity index (χ4v) is 3.18. The van der Waals surface area contributed by atoms with Crippen molar-refractivity contribution in [1.82, 2.24) is 0 Å². The van der Waals surface area contributed by atoms with Gasteiger partial charge in [0.15, 0.2) is 0 Å². The highest BCUT2D eigenvalue weighted by Gasteiger charge is 2.08. The molecule has 1 aromatic carbocycles. The van der Waals surface area contributed by atoms with E-state index in [1.54, 1.807) is 23.1 Å². The number of benzene rings is 1. The van der Waals surface area contributed by atoms with Gasteiger partial charge in [-0.25, -0.2) is 0 Å². The lowest BCUT2D eigenvalue weighted by molar-refractivity contribution is 1.57. The van der Waals surface area contributed by atoms with E-state index in [0.717, 1.165) is 4.90 Å². The Hall–Kier alpha value is -0.870. The molecule has 0 unspecified atom stereocenters. The maximum absolute atomic E-state index is 5.88. The van der Waals surface area contributed by atoms with Gasteiger partial charge in [0.2, 0.25) is 0 Å². The van der Waals surface area contributed by atoms with Crippen molar-refractivity contribution in [3.63, 3.8) is 0 Å². The number of nitrogen functional groups attached to an aromatic ring is 2. The third-order valence-corrected chi connectivity index (χ3v) is 3.88. The molecule has 1 heterocycles. The number of thiophene rings is 1. The molecule has 0 spiro atoms. The minimum Gasteiger partial charge on any atom is -0.397 e. The van der Waals surface area contributed by atoms with Crippen molar-refractivity contribution in [2.24, 2.45) is 0 Å². The van der Waals surface area contributed by atoms with Crippen molar-refractivity contribution in [2.75, 3.05) is 17.7 Å². The van der Waals surface area contributed by atoms with E-state index >= 15 is 0 Å². The van der Waals surface area contributed by atoms with Crippen molar-refractivity contribution in [3.8, 4) is 0 Å². The smallest absolute Gasteiger partial charge is 0.0700 e. The number of nitrogens with two attached hydrogens (primary N) is 2. The van der Waals surface area contributed by atoms with Gasteiger partial charge in [0.1, 0.15) is 0 Å². The first kappa shape index (κ1) is 8.72. The molecular formula is C9H10N2S2. The maximum Gasteiger partial charge on any atom is 0.0700 e. The number of anilines is 2. The Morgan fingerprint density at radius 2 is 2.15 bits per heavy atom. The van der Waals surface area contributed by atoms with Gasteiger partial charge in [-0.15, -0.1) is 23.1 Å². The predicted molar refractivity (Wildman–Crippen MR) is 62.4 cm³/mol. The molecule has 2 nitrogen and oxygen atoms in total. The third-order valence-electron chi connectivity index (χ3n) is 1.97. The van der Waals surface area contributed by atoms with E-state index in [1.165, 1.54) is 10.1 Å². The summed E-state index contributed by atoms with van der Waals surface area (Å²) in [6, 6.07) is 4.00. The Bertz CT molecular complexity index is 448. The molecule has 0 aliphatic carbocycles. The predicted octanol–water partition coefficient (Wildman–Crippen LogP) is 2.79. The molecule has 0 atom stereocenters. The standard InChI is InChI=1S/C9H10N2S2/c1-12-9-7(11)6(10)4-5-2-3-13-8(5)9/h2-4H,10-11H2,1H3. The quantitative estimate of drug-likeness (QED) is 0.562. The first-order chi connectivity index (χ1) is 6.24. The lowest BCUT2D eigenvalue weighted by Gasteiger charge is -2.06. The molecule has 2 rings (SSSR count). The summed E-state index contributed by atoms with van der Waals surface area (Å²) in [4.78, 5) is 1.10. The maximum atomic E-state index is 5.88.